The summed E-state index contributed by atoms with van der Waals surface area (Å²) < 4.78 is 10.5. The minimum Gasteiger partial charge on any atom is -0.497 e. The van der Waals surface area contributed by atoms with Crippen LogP contribution in [-0.2, 0) is 16.1 Å². The van der Waals surface area contributed by atoms with Crippen LogP contribution < -0.4 is 10.1 Å². The molecule has 0 unspecified atom stereocenters. The molecule has 0 aliphatic carbocycles. The van der Waals surface area contributed by atoms with E-state index in [9.17, 15) is 4.79 Å². The van der Waals surface area contributed by atoms with Gasteiger partial charge in [0, 0.05) is 32.2 Å². The van der Waals surface area contributed by atoms with Gasteiger partial charge < -0.3 is 14.8 Å². The van der Waals surface area contributed by atoms with Crippen LogP contribution in [0.5, 0.6) is 5.75 Å². The molecule has 1 amide bonds. The van der Waals surface area contributed by atoms with E-state index in [0.717, 1.165) is 57.9 Å². The Morgan fingerprint density at radius 1 is 1.25 bits per heavy atom. The number of rotatable bonds is 9. The fourth-order valence-electron chi connectivity index (χ4n) is 3.02. The molecule has 24 heavy (non-hydrogen) atoms. The Labute approximate surface area is 145 Å². The monoisotopic (exact) mass is 334 g/mol. The highest BCUT2D eigenvalue weighted by Gasteiger charge is 2.24. The van der Waals surface area contributed by atoms with E-state index in [-0.39, 0.29) is 11.8 Å². The molecule has 1 aromatic carbocycles. The Bertz CT molecular complexity index is 482. The van der Waals surface area contributed by atoms with E-state index >= 15 is 0 Å². The zero-order valence-electron chi connectivity index (χ0n) is 14.9. The molecule has 1 aliphatic rings. The van der Waals surface area contributed by atoms with Crippen molar-refractivity contribution in [3.05, 3.63) is 29.8 Å². The van der Waals surface area contributed by atoms with Gasteiger partial charge in [-0.25, -0.2) is 0 Å². The zero-order valence-corrected chi connectivity index (χ0v) is 14.9. The highest BCUT2D eigenvalue weighted by molar-refractivity contribution is 5.78. The second-order valence-corrected chi connectivity index (χ2v) is 6.24. The summed E-state index contributed by atoms with van der Waals surface area (Å²) in [7, 11) is 1.68. The summed E-state index contributed by atoms with van der Waals surface area (Å²) in [5, 5.41) is 3.04. The molecule has 0 bridgehead atoms. The van der Waals surface area contributed by atoms with Crippen molar-refractivity contribution in [2.45, 2.75) is 32.7 Å². The molecule has 2 rings (SSSR count). The lowest BCUT2D eigenvalue weighted by Crippen LogP contribution is -2.40. The largest absolute Gasteiger partial charge is 0.497 e. The number of amides is 1. The number of piperidine rings is 1. The predicted octanol–water partition coefficient (Wildman–Crippen LogP) is 2.45. The number of nitrogens with zero attached hydrogens (tertiary/aromatic N) is 1. The van der Waals surface area contributed by atoms with Crippen LogP contribution in [0.25, 0.3) is 0 Å². The van der Waals surface area contributed by atoms with Crippen molar-refractivity contribution in [3.63, 3.8) is 0 Å². The van der Waals surface area contributed by atoms with Crippen LogP contribution in [0.1, 0.15) is 31.7 Å². The van der Waals surface area contributed by atoms with Gasteiger partial charge in [-0.15, -0.1) is 0 Å². The molecule has 0 atom stereocenters. The molecule has 0 spiro atoms. The zero-order chi connectivity index (χ0) is 17.2. The molecule has 0 radical (unpaired) electrons. The van der Waals surface area contributed by atoms with Gasteiger partial charge in [0.1, 0.15) is 5.75 Å². The first kappa shape index (κ1) is 18.7. The SMILES string of the molecule is CCOCCCNC(=O)C1CCN(Cc2ccc(OC)cc2)CC1. The summed E-state index contributed by atoms with van der Waals surface area (Å²) in [6.45, 7) is 7.04. The Morgan fingerprint density at radius 2 is 1.96 bits per heavy atom. The number of ether oxygens (including phenoxy) is 2. The number of hydrogen-bond acceptors (Lipinski definition) is 4. The third kappa shape index (κ3) is 6.13. The van der Waals surface area contributed by atoms with Crippen LogP contribution in [0.2, 0.25) is 0 Å². The predicted molar refractivity (Wildman–Crippen MR) is 95.1 cm³/mol. The highest BCUT2D eigenvalue weighted by Crippen LogP contribution is 2.20. The van der Waals surface area contributed by atoms with E-state index in [1.807, 2.05) is 19.1 Å². The van der Waals surface area contributed by atoms with Gasteiger partial charge in [-0.2, -0.15) is 0 Å². The number of methoxy groups -OCH3 is 1. The molecule has 0 aromatic heterocycles. The van der Waals surface area contributed by atoms with Gasteiger partial charge in [-0.3, -0.25) is 9.69 Å². The van der Waals surface area contributed by atoms with E-state index in [0.29, 0.717) is 6.54 Å². The number of likely N-dealkylation sites (tertiary alicyclic amines) is 1. The molecule has 1 heterocycles. The van der Waals surface area contributed by atoms with Crippen molar-refractivity contribution in [2.24, 2.45) is 5.92 Å². The van der Waals surface area contributed by atoms with Crippen molar-refractivity contribution >= 4 is 5.91 Å². The first-order valence-electron chi connectivity index (χ1n) is 8.93. The van der Waals surface area contributed by atoms with E-state index in [4.69, 9.17) is 9.47 Å². The molecule has 134 valence electrons. The fraction of sp³-hybridized carbons (Fsp3) is 0.632. The summed E-state index contributed by atoms with van der Waals surface area (Å²) in [5.41, 5.74) is 1.29. The molecule has 1 aromatic rings. The Hall–Kier alpha value is -1.59. The van der Waals surface area contributed by atoms with Gasteiger partial charge in [0.25, 0.3) is 0 Å². The Kier molecular flexibility index (Phi) is 8.05. The van der Waals surface area contributed by atoms with Crippen molar-refractivity contribution in [2.75, 3.05) is 40.0 Å². The highest BCUT2D eigenvalue weighted by atomic mass is 16.5. The molecule has 1 fully saturated rings. The maximum atomic E-state index is 12.2. The molecule has 0 saturated carbocycles. The van der Waals surface area contributed by atoms with Crippen LogP contribution in [0, 0.1) is 5.92 Å². The number of hydrogen-bond donors (Lipinski definition) is 1. The summed E-state index contributed by atoms with van der Waals surface area (Å²) in [5.74, 6) is 1.25. The molecule has 1 N–H and O–H groups in total. The quantitative estimate of drug-likeness (QED) is 0.705. The average molecular weight is 334 g/mol. The molecule has 1 saturated heterocycles. The molecular formula is C19H30N2O3. The number of carbonyl (C=O) groups is 1. The van der Waals surface area contributed by atoms with Crippen LogP contribution in [0.15, 0.2) is 24.3 Å². The average Bonchev–Trinajstić information content (AvgIpc) is 2.62. The van der Waals surface area contributed by atoms with Gasteiger partial charge in [0.05, 0.1) is 7.11 Å². The third-order valence-corrected chi connectivity index (χ3v) is 4.49. The van der Waals surface area contributed by atoms with Crippen molar-refractivity contribution in [1.29, 1.82) is 0 Å². The Morgan fingerprint density at radius 3 is 2.58 bits per heavy atom. The molecule has 5 nitrogen and oxygen atoms in total. The minimum atomic E-state index is 0.157. The second kappa shape index (κ2) is 10.3. The topological polar surface area (TPSA) is 50.8 Å². The minimum absolute atomic E-state index is 0.157. The van der Waals surface area contributed by atoms with Crippen LogP contribution >= 0.6 is 0 Å². The van der Waals surface area contributed by atoms with Gasteiger partial charge in [-0.1, -0.05) is 12.1 Å². The lowest BCUT2D eigenvalue weighted by atomic mass is 9.95. The van der Waals surface area contributed by atoms with Crippen LogP contribution in [0.3, 0.4) is 0 Å². The number of carbonyl (C=O) groups excluding carboxylic acids is 1. The molecule has 5 heteroatoms. The normalized spacial score (nSPS) is 16.1. The summed E-state index contributed by atoms with van der Waals surface area (Å²) in [6.07, 6.45) is 2.76. The fourth-order valence-corrected chi connectivity index (χ4v) is 3.02. The van der Waals surface area contributed by atoms with E-state index in [2.05, 4.69) is 22.3 Å². The van der Waals surface area contributed by atoms with Gasteiger partial charge in [0.2, 0.25) is 5.91 Å². The van der Waals surface area contributed by atoms with Gasteiger partial charge >= 0.3 is 0 Å². The summed E-state index contributed by atoms with van der Waals surface area (Å²) in [6, 6.07) is 8.21. The number of benzene rings is 1. The standard InChI is InChI=1S/C19H30N2O3/c1-3-24-14-4-11-20-19(22)17-9-12-21(13-10-17)15-16-5-7-18(23-2)8-6-16/h5-8,17H,3-4,9-15H2,1-2H3,(H,20,22). The Balaban J connectivity index is 1.65. The number of nitrogens with one attached hydrogen (secondary N) is 1. The van der Waals surface area contributed by atoms with Gasteiger partial charge in [-0.05, 0) is 57.0 Å². The van der Waals surface area contributed by atoms with Crippen LogP contribution in [-0.4, -0.2) is 50.8 Å². The van der Waals surface area contributed by atoms with Gasteiger partial charge in [0.15, 0.2) is 0 Å². The smallest absolute Gasteiger partial charge is 0.223 e. The maximum absolute atomic E-state index is 12.2. The van der Waals surface area contributed by atoms with E-state index in [1.54, 1.807) is 7.11 Å². The van der Waals surface area contributed by atoms with Crippen LogP contribution in [0.4, 0.5) is 0 Å². The second-order valence-electron chi connectivity index (χ2n) is 6.24. The van der Waals surface area contributed by atoms with E-state index in [1.165, 1.54) is 5.56 Å². The first-order valence-corrected chi connectivity index (χ1v) is 8.93. The van der Waals surface area contributed by atoms with Crippen molar-refractivity contribution in [1.82, 2.24) is 10.2 Å². The lowest BCUT2D eigenvalue weighted by Gasteiger charge is -2.31. The summed E-state index contributed by atoms with van der Waals surface area (Å²) in [4.78, 5) is 14.6. The van der Waals surface area contributed by atoms with Crippen molar-refractivity contribution < 1.29 is 14.3 Å². The lowest BCUT2D eigenvalue weighted by molar-refractivity contribution is -0.126. The first-order chi connectivity index (χ1) is 11.7. The van der Waals surface area contributed by atoms with E-state index < -0.39 is 0 Å². The summed E-state index contributed by atoms with van der Waals surface area (Å²) >= 11 is 0. The van der Waals surface area contributed by atoms with Crippen molar-refractivity contribution in [3.8, 4) is 5.75 Å². The maximum Gasteiger partial charge on any atom is 0.223 e. The molecule has 1 aliphatic heterocycles. The molecular weight excluding hydrogens is 304 g/mol. The third-order valence-electron chi connectivity index (χ3n) is 4.49.